The molecular formula is C34H44N2O6S. The van der Waals surface area contributed by atoms with Gasteiger partial charge < -0.3 is 14.2 Å². The fourth-order valence-corrected chi connectivity index (χ4v) is 10.8. The predicted octanol–water partition coefficient (Wildman–Crippen LogP) is 4.93. The molecule has 5 aliphatic rings. The number of methoxy groups -OCH3 is 1. The van der Waals surface area contributed by atoms with Crippen molar-refractivity contribution in [3.05, 3.63) is 53.1 Å². The van der Waals surface area contributed by atoms with Crippen LogP contribution in [-0.4, -0.2) is 68.5 Å². The number of sulfonamides is 1. The minimum atomic E-state index is -3.65. The van der Waals surface area contributed by atoms with Crippen molar-refractivity contribution in [2.75, 3.05) is 26.7 Å². The molecule has 0 N–H and O–H groups in total. The van der Waals surface area contributed by atoms with Gasteiger partial charge in [0.15, 0.2) is 11.5 Å². The average Bonchev–Trinajstić information content (AvgIpc) is 3.71. The van der Waals surface area contributed by atoms with Crippen LogP contribution in [0.25, 0.3) is 0 Å². The fourth-order valence-electron chi connectivity index (χ4n) is 8.87. The monoisotopic (exact) mass is 608 g/mol. The molecule has 232 valence electrons. The van der Waals surface area contributed by atoms with E-state index in [0.29, 0.717) is 35.8 Å². The Kier molecular flexibility index (Phi) is 7.29. The first-order valence-corrected chi connectivity index (χ1v) is 17.6. The van der Waals surface area contributed by atoms with E-state index in [1.165, 1.54) is 19.8 Å². The SMILES string of the molecule is COc1cc(OC(C)=O)c2c3c1O[C@H]1[C@@H](N(CC(C)C)S(=O)(=O)Cc4ccccc4)CC[C@H]4[C@@H](C2)N(CC2CC2)CC[C@@]341. The normalized spacial score (nSPS) is 29.3. The van der Waals surface area contributed by atoms with Crippen LogP contribution in [0.2, 0.25) is 0 Å². The number of benzene rings is 2. The minimum absolute atomic E-state index is 0.0316. The Balaban J connectivity index is 1.35. The molecule has 5 atom stereocenters. The van der Waals surface area contributed by atoms with Crippen LogP contribution < -0.4 is 14.2 Å². The lowest BCUT2D eigenvalue weighted by Crippen LogP contribution is -2.69. The Bertz CT molecular complexity index is 1510. The zero-order valence-corrected chi connectivity index (χ0v) is 26.6. The molecule has 9 heteroatoms. The van der Waals surface area contributed by atoms with Gasteiger partial charge in [-0.05, 0) is 68.4 Å². The second kappa shape index (κ2) is 10.8. The van der Waals surface area contributed by atoms with Crippen LogP contribution >= 0.6 is 0 Å². The van der Waals surface area contributed by atoms with Gasteiger partial charge in [0.25, 0.3) is 0 Å². The van der Waals surface area contributed by atoms with Crippen LogP contribution in [0.1, 0.15) is 69.6 Å². The Morgan fingerprint density at radius 3 is 2.58 bits per heavy atom. The number of hydrogen-bond donors (Lipinski definition) is 0. The van der Waals surface area contributed by atoms with E-state index in [1.54, 1.807) is 17.5 Å². The Hall–Kier alpha value is -2.62. The first-order chi connectivity index (χ1) is 20.6. The standard InChI is InChI=1S/C34H44N2O6S/c1-21(2)18-36(43(38,39)20-24-8-6-5-7-9-24)27-13-12-26-28-16-25-29(41-22(3)37)17-30(40-4)32-31(25)34(26,33(27)42-32)14-15-35(28)19-23-10-11-23/h5-9,17,21,23,26-28,33H,10-16,18-20H2,1-4H3/t26-,27-,28+,33-,34-/m0/s1. The zero-order chi connectivity index (χ0) is 30.1. The van der Waals surface area contributed by atoms with Crippen LogP contribution in [-0.2, 0) is 32.4 Å². The molecule has 0 unspecified atom stereocenters. The minimum Gasteiger partial charge on any atom is -0.493 e. The molecule has 2 aromatic rings. The number of hydrogen-bond acceptors (Lipinski definition) is 7. The smallest absolute Gasteiger partial charge is 0.308 e. The van der Waals surface area contributed by atoms with Crippen molar-refractivity contribution in [1.82, 2.24) is 9.21 Å². The average molecular weight is 609 g/mol. The topological polar surface area (TPSA) is 85.4 Å². The first kappa shape index (κ1) is 29.1. The van der Waals surface area contributed by atoms with Gasteiger partial charge in [-0.1, -0.05) is 44.2 Å². The molecule has 2 bridgehead atoms. The van der Waals surface area contributed by atoms with Crippen molar-refractivity contribution in [3.63, 3.8) is 0 Å². The number of likely N-dealkylation sites (tertiary alicyclic amines) is 1. The van der Waals surface area contributed by atoms with Crippen LogP contribution in [0.5, 0.6) is 17.2 Å². The van der Waals surface area contributed by atoms with E-state index in [0.717, 1.165) is 61.4 Å². The van der Waals surface area contributed by atoms with Gasteiger partial charge >= 0.3 is 5.97 Å². The van der Waals surface area contributed by atoms with Crippen LogP contribution in [0.15, 0.2) is 36.4 Å². The maximum Gasteiger partial charge on any atom is 0.308 e. The summed E-state index contributed by atoms with van der Waals surface area (Å²) in [6.45, 7) is 8.12. The zero-order valence-electron chi connectivity index (χ0n) is 25.8. The summed E-state index contributed by atoms with van der Waals surface area (Å²) in [5.41, 5.74) is 2.57. The van der Waals surface area contributed by atoms with Crippen LogP contribution in [0, 0.1) is 17.8 Å². The second-order valence-electron chi connectivity index (χ2n) is 13.8. The third-order valence-electron chi connectivity index (χ3n) is 10.6. The van der Waals surface area contributed by atoms with E-state index in [9.17, 15) is 13.2 Å². The summed E-state index contributed by atoms with van der Waals surface area (Å²) in [5.74, 6) is 2.70. The Morgan fingerprint density at radius 2 is 1.91 bits per heavy atom. The molecule has 8 nitrogen and oxygen atoms in total. The lowest BCUT2D eigenvalue weighted by molar-refractivity contribution is -0.132. The highest BCUT2D eigenvalue weighted by atomic mass is 32.2. The maximum absolute atomic E-state index is 14.3. The van der Waals surface area contributed by atoms with Crippen molar-refractivity contribution < 1.29 is 27.4 Å². The molecule has 1 spiro atoms. The van der Waals surface area contributed by atoms with E-state index in [1.807, 2.05) is 30.3 Å². The van der Waals surface area contributed by atoms with Gasteiger partial charge in [-0.25, -0.2) is 8.42 Å². The Morgan fingerprint density at radius 1 is 1.14 bits per heavy atom. The molecule has 43 heavy (non-hydrogen) atoms. The lowest BCUT2D eigenvalue weighted by Gasteiger charge is -2.60. The summed E-state index contributed by atoms with van der Waals surface area (Å²) in [5, 5.41) is 0. The highest BCUT2D eigenvalue weighted by molar-refractivity contribution is 7.88. The van der Waals surface area contributed by atoms with Crippen molar-refractivity contribution in [3.8, 4) is 17.2 Å². The number of ether oxygens (including phenoxy) is 3. The van der Waals surface area contributed by atoms with Gasteiger partial charge in [0.2, 0.25) is 10.0 Å². The lowest BCUT2D eigenvalue weighted by atomic mass is 9.51. The molecule has 2 aliphatic heterocycles. The Labute approximate surface area is 255 Å². The summed E-state index contributed by atoms with van der Waals surface area (Å²) >= 11 is 0. The molecule has 0 radical (unpaired) electrons. The summed E-state index contributed by atoms with van der Waals surface area (Å²) in [7, 11) is -2.03. The van der Waals surface area contributed by atoms with E-state index < -0.39 is 10.0 Å². The second-order valence-corrected chi connectivity index (χ2v) is 15.8. The summed E-state index contributed by atoms with van der Waals surface area (Å²) in [4.78, 5) is 15.0. The third-order valence-corrected chi connectivity index (χ3v) is 12.4. The molecule has 3 aliphatic carbocycles. The highest BCUT2D eigenvalue weighted by Crippen LogP contribution is 2.66. The third kappa shape index (κ3) is 4.86. The van der Waals surface area contributed by atoms with Crippen LogP contribution in [0.3, 0.4) is 0 Å². The molecule has 3 fully saturated rings. The fraction of sp³-hybridized carbons (Fsp3) is 0.618. The number of esters is 1. The van der Waals surface area contributed by atoms with Gasteiger partial charge in [0.05, 0.1) is 18.9 Å². The van der Waals surface area contributed by atoms with Crippen molar-refractivity contribution in [2.45, 2.75) is 88.7 Å². The largest absolute Gasteiger partial charge is 0.493 e. The number of carbonyl (C=O) groups excluding carboxylic acids is 1. The molecule has 2 saturated carbocycles. The van der Waals surface area contributed by atoms with Gasteiger partial charge in [0, 0.05) is 48.7 Å². The van der Waals surface area contributed by atoms with E-state index in [4.69, 9.17) is 14.2 Å². The molecular weight excluding hydrogens is 564 g/mol. The van der Waals surface area contributed by atoms with Gasteiger partial charge in [-0.3, -0.25) is 9.69 Å². The first-order valence-electron chi connectivity index (χ1n) is 16.0. The van der Waals surface area contributed by atoms with Crippen molar-refractivity contribution >= 4 is 16.0 Å². The highest BCUT2D eigenvalue weighted by Gasteiger charge is 2.67. The van der Waals surface area contributed by atoms with Gasteiger partial charge in [-0.15, -0.1) is 0 Å². The van der Waals surface area contributed by atoms with E-state index in [2.05, 4.69) is 18.7 Å². The van der Waals surface area contributed by atoms with Crippen molar-refractivity contribution in [1.29, 1.82) is 0 Å². The van der Waals surface area contributed by atoms with Crippen molar-refractivity contribution in [2.24, 2.45) is 17.8 Å². The number of piperidine rings is 1. The quantitative estimate of drug-likeness (QED) is 0.280. The molecule has 2 aromatic carbocycles. The number of carbonyl (C=O) groups is 1. The molecule has 0 aromatic heterocycles. The summed E-state index contributed by atoms with van der Waals surface area (Å²) < 4.78 is 49.1. The van der Waals surface area contributed by atoms with Crippen LogP contribution in [0.4, 0.5) is 0 Å². The van der Waals surface area contributed by atoms with E-state index in [-0.39, 0.29) is 35.2 Å². The molecule has 7 rings (SSSR count). The number of nitrogens with zero attached hydrogens (tertiary/aromatic N) is 2. The molecule has 0 amide bonds. The summed E-state index contributed by atoms with van der Waals surface area (Å²) in [6.07, 6.45) is 5.65. The van der Waals surface area contributed by atoms with Gasteiger partial charge in [0.1, 0.15) is 11.9 Å². The predicted molar refractivity (Wildman–Crippen MR) is 164 cm³/mol. The molecule has 2 heterocycles. The van der Waals surface area contributed by atoms with E-state index >= 15 is 0 Å². The van der Waals surface area contributed by atoms with Gasteiger partial charge in [-0.2, -0.15) is 4.31 Å². The molecule has 1 saturated heterocycles. The number of rotatable bonds is 10. The summed E-state index contributed by atoms with van der Waals surface area (Å²) in [6, 6.07) is 11.3. The maximum atomic E-state index is 14.3.